The highest BCUT2D eigenvalue weighted by Gasteiger charge is 2.22. The Labute approximate surface area is 121 Å². The molecular formula is C14H19BrFNO2. The van der Waals surface area contributed by atoms with Crippen LogP contribution in [0.1, 0.15) is 18.4 Å². The summed E-state index contributed by atoms with van der Waals surface area (Å²) in [7, 11) is 2.95. The van der Waals surface area contributed by atoms with Crippen LogP contribution in [-0.4, -0.2) is 27.3 Å². The van der Waals surface area contributed by atoms with E-state index in [-0.39, 0.29) is 5.75 Å². The molecule has 0 bridgehead atoms. The first kappa shape index (κ1) is 14.6. The zero-order valence-corrected chi connectivity index (χ0v) is 12.8. The Kier molecular flexibility index (Phi) is 5.05. The smallest absolute Gasteiger partial charge is 0.208 e. The molecule has 1 aliphatic heterocycles. The van der Waals surface area contributed by atoms with Crippen molar-refractivity contribution in [1.82, 2.24) is 5.32 Å². The van der Waals surface area contributed by atoms with E-state index < -0.39 is 5.82 Å². The van der Waals surface area contributed by atoms with Crippen LogP contribution in [0.4, 0.5) is 4.39 Å². The van der Waals surface area contributed by atoms with Gasteiger partial charge >= 0.3 is 0 Å². The van der Waals surface area contributed by atoms with Gasteiger partial charge in [-0.3, -0.25) is 0 Å². The molecule has 0 unspecified atom stereocenters. The Bertz CT molecular complexity index is 448. The van der Waals surface area contributed by atoms with Gasteiger partial charge in [-0.25, -0.2) is 0 Å². The Balaban J connectivity index is 2.28. The van der Waals surface area contributed by atoms with E-state index >= 15 is 0 Å². The number of hydrogen-bond donors (Lipinski definition) is 1. The van der Waals surface area contributed by atoms with Gasteiger partial charge in [0.05, 0.1) is 18.7 Å². The summed E-state index contributed by atoms with van der Waals surface area (Å²) in [4.78, 5) is 0. The fourth-order valence-electron chi connectivity index (χ4n) is 2.59. The van der Waals surface area contributed by atoms with E-state index in [4.69, 9.17) is 9.47 Å². The van der Waals surface area contributed by atoms with Crippen LogP contribution in [0.15, 0.2) is 10.5 Å². The van der Waals surface area contributed by atoms with Crippen molar-refractivity contribution in [3.63, 3.8) is 0 Å². The number of hydrogen-bond acceptors (Lipinski definition) is 3. The van der Waals surface area contributed by atoms with E-state index in [1.807, 2.05) is 6.07 Å². The van der Waals surface area contributed by atoms with Crippen LogP contribution in [0.3, 0.4) is 0 Å². The standard InChI is InChI=1S/C14H19BrFNO2/c1-18-13-10(7-9-3-5-17-6-4-9)8-11(15)14(19-2)12(13)16/h8-9,17H,3-7H2,1-2H3. The van der Waals surface area contributed by atoms with E-state index in [0.29, 0.717) is 16.1 Å². The lowest BCUT2D eigenvalue weighted by atomic mass is 9.90. The number of ether oxygens (including phenoxy) is 2. The lowest BCUT2D eigenvalue weighted by Crippen LogP contribution is -2.28. The third-order valence-corrected chi connectivity index (χ3v) is 4.17. The molecule has 2 rings (SSSR count). The maximum atomic E-state index is 14.3. The van der Waals surface area contributed by atoms with Crippen LogP contribution < -0.4 is 14.8 Å². The summed E-state index contributed by atoms with van der Waals surface area (Å²) < 4.78 is 25.2. The number of halogens is 2. The molecule has 0 saturated carbocycles. The first-order chi connectivity index (χ1) is 9.17. The van der Waals surface area contributed by atoms with Crippen molar-refractivity contribution in [3.8, 4) is 11.5 Å². The van der Waals surface area contributed by atoms with Gasteiger partial charge in [-0.2, -0.15) is 4.39 Å². The zero-order valence-electron chi connectivity index (χ0n) is 11.3. The first-order valence-corrected chi connectivity index (χ1v) is 7.26. The average molecular weight is 332 g/mol. The number of rotatable bonds is 4. The normalized spacial score (nSPS) is 16.4. The molecule has 0 aliphatic carbocycles. The molecule has 1 aromatic carbocycles. The van der Waals surface area contributed by atoms with E-state index in [9.17, 15) is 4.39 Å². The summed E-state index contributed by atoms with van der Waals surface area (Å²) >= 11 is 3.35. The highest BCUT2D eigenvalue weighted by molar-refractivity contribution is 9.10. The number of nitrogens with one attached hydrogen (secondary N) is 1. The second-order valence-corrected chi connectivity index (χ2v) is 5.65. The summed E-state index contributed by atoms with van der Waals surface area (Å²) in [5, 5.41) is 3.34. The SMILES string of the molecule is COc1c(Br)cc(CC2CCNCC2)c(OC)c1F. The lowest BCUT2D eigenvalue weighted by molar-refractivity contribution is 0.335. The van der Waals surface area contributed by atoms with Crippen molar-refractivity contribution in [3.05, 3.63) is 21.9 Å². The molecule has 1 N–H and O–H groups in total. The summed E-state index contributed by atoms with van der Waals surface area (Å²) in [5.41, 5.74) is 0.902. The Morgan fingerprint density at radius 1 is 1.26 bits per heavy atom. The summed E-state index contributed by atoms with van der Waals surface area (Å²) in [6.07, 6.45) is 3.08. The topological polar surface area (TPSA) is 30.5 Å². The Hall–Kier alpha value is -0.810. The van der Waals surface area contributed by atoms with Crippen molar-refractivity contribution in [2.75, 3.05) is 27.3 Å². The lowest BCUT2D eigenvalue weighted by Gasteiger charge is -2.24. The quantitative estimate of drug-likeness (QED) is 0.919. The van der Waals surface area contributed by atoms with Gasteiger partial charge in [-0.15, -0.1) is 0 Å². The zero-order chi connectivity index (χ0) is 13.8. The van der Waals surface area contributed by atoms with Crippen molar-refractivity contribution in [1.29, 1.82) is 0 Å². The van der Waals surface area contributed by atoms with Crippen LogP contribution in [0.25, 0.3) is 0 Å². The predicted molar refractivity (Wildman–Crippen MR) is 76.5 cm³/mol. The van der Waals surface area contributed by atoms with Crippen LogP contribution in [0.2, 0.25) is 0 Å². The molecule has 0 aromatic heterocycles. The second kappa shape index (κ2) is 6.57. The molecule has 1 saturated heterocycles. The summed E-state index contributed by atoms with van der Waals surface area (Å²) in [6.45, 7) is 2.07. The van der Waals surface area contributed by atoms with E-state index in [1.54, 1.807) is 0 Å². The van der Waals surface area contributed by atoms with Crippen molar-refractivity contribution >= 4 is 15.9 Å². The molecule has 1 heterocycles. The minimum Gasteiger partial charge on any atom is -0.493 e. The van der Waals surface area contributed by atoms with Gasteiger partial charge < -0.3 is 14.8 Å². The van der Waals surface area contributed by atoms with Gasteiger partial charge in [0.25, 0.3) is 0 Å². The van der Waals surface area contributed by atoms with Crippen LogP contribution in [0, 0.1) is 11.7 Å². The number of piperidine rings is 1. The first-order valence-electron chi connectivity index (χ1n) is 6.47. The largest absolute Gasteiger partial charge is 0.493 e. The van der Waals surface area contributed by atoms with Crippen molar-refractivity contribution < 1.29 is 13.9 Å². The summed E-state index contributed by atoms with van der Waals surface area (Å²) in [6, 6.07) is 1.91. The van der Waals surface area contributed by atoms with Crippen LogP contribution in [-0.2, 0) is 6.42 Å². The highest BCUT2D eigenvalue weighted by Crippen LogP contribution is 2.38. The third kappa shape index (κ3) is 3.20. The van der Waals surface area contributed by atoms with Gasteiger partial charge in [0, 0.05) is 0 Å². The minimum atomic E-state index is -0.427. The van der Waals surface area contributed by atoms with Crippen LogP contribution >= 0.6 is 15.9 Å². The number of methoxy groups -OCH3 is 2. The second-order valence-electron chi connectivity index (χ2n) is 4.80. The Morgan fingerprint density at radius 2 is 1.89 bits per heavy atom. The highest BCUT2D eigenvalue weighted by atomic mass is 79.9. The molecular weight excluding hydrogens is 313 g/mol. The fraction of sp³-hybridized carbons (Fsp3) is 0.571. The van der Waals surface area contributed by atoms with Gasteiger partial charge in [0.2, 0.25) is 5.82 Å². The molecule has 0 spiro atoms. The molecule has 3 nitrogen and oxygen atoms in total. The van der Waals surface area contributed by atoms with E-state index in [0.717, 1.165) is 37.9 Å². The van der Waals surface area contributed by atoms with Crippen molar-refractivity contribution in [2.45, 2.75) is 19.3 Å². The molecule has 0 amide bonds. The van der Waals surface area contributed by atoms with Gasteiger partial charge in [0.15, 0.2) is 11.5 Å². The third-order valence-electron chi connectivity index (χ3n) is 3.58. The van der Waals surface area contributed by atoms with E-state index in [2.05, 4.69) is 21.2 Å². The van der Waals surface area contributed by atoms with Gasteiger partial charge in [-0.05, 0) is 65.8 Å². The molecule has 1 aliphatic rings. The fourth-order valence-corrected chi connectivity index (χ4v) is 3.20. The molecule has 1 fully saturated rings. The minimum absolute atomic E-state index is 0.200. The van der Waals surface area contributed by atoms with E-state index in [1.165, 1.54) is 14.2 Å². The molecule has 0 atom stereocenters. The molecule has 0 radical (unpaired) electrons. The van der Waals surface area contributed by atoms with Gasteiger partial charge in [0.1, 0.15) is 0 Å². The maximum absolute atomic E-state index is 14.3. The molecule has 1 aromatic rings. The monoisotopic (exact) mass is 331 g/mol. The summed E-state index contributed by atoms with van der Waals surface area (Å²) in [5.74, 6) is 0.655. The maximum Gasteiger partial charge on any atom is 0.208 e. The predicted octanol–water partition coefficient (Wildman–Crippen LogP) is 3.15. The van der Waals surface area contributed by atoms with Crippen molar-refractivity contribution in [2.24, 2.45) is 5.92 Å². The Morgan fingerprint density at radius 3 is 2.47 bits per heavy atom. The van der Waals surface area contributed by atoms with Gasteiger partial charge in [-0.1, -0.05) is 0 Å². The molecule has 19 heavy (non-hydrogen) atoms. The molecule has 5 heteroatoms. The number of benzene rings is 1. The average Bonchev–Trinajstić information content (AvgIpc) is 2.40. The van der Waals surface area contributed by atoms with Crippen LogP contribution in [0.5, 0.6) is 11.5 Å². The molecule has 106 valence electrons.